The van der Waals surface area contributed by atoms with Crippen LogP contribution in [0.15, 0.2) is 72.8 Å². The standard InChI is InChI=1S/C21H16ClFN.CHF3O3S/c22-21-17-5-1-3-7-19(17)24(20-8-4-2-6-18(20)21)14-13-15-9-11-16(23)12-10-15;2-1(3,4)8(5,6)7/h1-12H,13-14H2;(H,5,6,7)/q+1;/p-1. The van der Waals surface area contributed by atoms with Gasteiger partial charge < -0.3 is 4.55 Å². The summed E-state index contributed by atoms with van der Waals surface area (Å²) in [5.41, 5.74) is -2.30. The Balaban J connectivity index is 0.000000312. The van der Waals surface area contributed by atoms with Crippen molar-refractivity contribution in [1.29, 1.82) is 0 Å². The summed E-state index contributed by atoms with van der Waals surface area (Å²) in [6.45, 7) is 0.809. The third kappa shape index (κ3) is 5.35. The quantitative estimate of drug-likeness (QED) is 0.129. The molecule has 0 amide bonds. The zero-order valence-electron chi connectivity index (χ0n) is 16.3. The van der Waals surface area contributed by atoms with E-state index in [0.29, 0.717) is 0 Å². The van der Waals surface area contributed by atoms with Gasteiger partial charge in [-0.2, -0.15) is 17.7 Å². The topological polar surface area (TPSA) is 61.1 Å². The van der Waals surface area contributed by atoms with E-state index in [9.17, 15) is 17.6 Å². The van der Waals surface area contributed by atoms with E-state index in [1.54, 1.807) is 0 Å². The van der Waals surface area contributed by atoms with E-state index in [0.717, 1.165) is 45.4 Å². The van der Waals surface area contributed by atoms with Crippen molar-refractivity contribution in [3.8, 4) is 0 Å². The lowest BCUT2D eigenvalue weighted by Crippen LogP contribution is -2.36. The van der Waals surface area contributed by atoms with E-state index >= 15 is 0 Å². The Labute approximate surface area is 186 Å². The molecule has 32 heavy (non-hydrogen) atoms. The molecule has 4 aromatic rings. The smallest absolute Gasteiger partial charge is 0.485 e. The van der Waals surface area contributed by atoms with Gasteiger partial charge in [0.2, 0.25) is 11.0 Å². The SMILES string of the molecule is Fc1ccc(CC[n+]2c3ccccc3c(Cl)c3ccccc32)cc1.O=S(=O)([O-])C(F)(F)F. The highest BCUT2D eigenvalue weighted by atomic mass is 35.5. The minimum Gasteiger partial charge on any atom is -0.741 e. The maximum Gasteiger partial charge on any atom is 0.485 e. The monoisotopic (exact) mass is 485 g/mol. The van der Waals surface area contributed by atoms with E-state index in [4.69, 9.17) is 24.6 Å². The fraction of sp³-hybridized carbons (Fsp3) is 0.136. The van der Waals surface area contributed by atoms with Crippen LogP contribution in [0.3, 0.4) is 0 Å². The van der Waals surface area contributed by atoms with Crippen molar-refractivity contribution in [1.82, 2.24) is 0 Å². The van der Waals surface area contributed by atoms with Crippen molar-refractivity contribution in [3.05, 3.63) is 89.2 Å². The van der Waals surface area contributed by atoms with Crippen LogP contribution in [0.25, 0.3) is 21.8 Å². The molecule has 0 N–H and O–H groups in total. The van der Waals surface area contributed by atoms with E-state index in [-0.39, 0.29) is 5.82 Å². The molecule has 4 rings (SSSR count). The van der Waals surface area contributed by atoms with Gasteiger partial charge >= 0.3 is 5.51 Å². The van der Waals surface area contributed by atoms with Crippen LogP contribution in [0, 0.1) is 5.82 Å². The molecule has 1 aromatic heterocycles. The van der Waals surface area contributed by atoms with Crippen LogP contribution in [-0.2, 0) is 23.1 Å². The molecular formula is C22H16ClF4NO3S. The fourth-order valence-electron chi connectivity index (χ4n) is 3.20. The summed E-state index contributed by atoms with van der Waals surface area (Å²) in [7, 11) is -6.09. The summed E-state index contributed by atoms with van der Waals surface area (Å²) < 4.78 is 74.3. The Hall–Kier alpha value is -2.75. The van der Waals surface area contributed by atoms with Crippen LogP contribution in [0.5, 0.6) is 0 Å². The van der Waals surface area contributed by atoms with Crippen LogP contribution in [-0.4, -0.2) is 18.5 Å². The molecule has 0 aliphatic heterocycles. The van der Waals surface area contributed by atoms with E-state index in [1.807, 2.05) is 36.4 Å². The first kappa shape index (κ1) is 23.9. The second kappa shape index (κ2) is 9.40. The summed E-state index contributed by atoms with van der Waals surface area (Å²) in [4.78, 5) is 0. The van der Waals surface area contributed by atoms with Gasteiger partial charge in [-0.1, -0.05) is 48.0 Å². The lowest BCUT2D eigenvalue weighted by molar-refractivity contribution is -0.644. The molecule has 0 bridgehead atoms. The van der Waals surface area contributed by atoms with Gasteiger partial charge in [0.05, 0.1) is 15.8 Å². The minimum atomic E-state index is -6.09. The Morgan fingerprint density at radius 3 is 1.72 bits per heavy atom. The van der Waals surface area contributed by atoms with Crippen molar-refractivity contribution in [3.63, 3.8) is 0 Å². The zero-order valence-corrected chi connectivity index (χ0v) is 17.9. The van der Waals surface area contributed by atoms with Crippen molar-refractivity contribution in [2.24, 2.45) is 0 Å². The Bertz CT molecular complexity index is 1300. The summed E-state index contributed by atoms with van der Waals surface area (Å²) >= 11 is 6.63. The third-order valence-electron chi connectivity index (χ3n) is 4.68. The average molecular weight is 486 g/mol. The number of hydrogen-bond donors (Lipinski definition) is 0. The molecule has 0 radical (unpaired) electrons. The highest BCUT2D eigenvalue weighted by molar-refractivity contribution is 7.86. The van der Waals surface area contributed by atoms with Gasteiger partial charge in [0.25, 0.3) is 0 Å². The normalized spacial score (nSPS) is 11.9. The Kier molecular flexibility index (Phi) is 7.02. The molecular weight excluding hydrogens is 470 g/mol. The third-order valence-corrected chi connectivity index (χ3v) is 5.66. The lowest BCUT2D eigenvalue weighted by atomic mass is 10.1. The molecule has 0 saturated heterocycles. The predicted molar refractivity (Wildman–Crippen MR) is 113 cm³/mol. The summed E-state index contributed by atoms with van der Waals surface area (Å²) in [5.74, 6) is -0.200. The molecule has 0 aliphatic carbocycles. The summed E-state index contributed by atoms with van der Waals surface area (Å²) in [6.07, 6.45) is 0.834. The number of aryl methyl sites for hydroxylation is 2. The number of hydrogen-bond acceptors (Lipinski definition) is 3. The summed E-state index contributed by atoms with van der Waals surface area (Å²) in [5, 5.41) is 2.90. The second-order valence-corrected chi connectivity index (χ2v) is 8.53. The van der Waals surface area contributed by atoms with Crippen LogP contribution in [0.4, 0.5) is 17.6 Å². The second-order valence-electron chi connectivity index (χ2n) is 6.78. The van der Waals surface area contributed by atoms with E-state index in [1.165, 1.54) is 12.1 Å². The molecule has 3 aromatic carbocycles. The number of aromatic nitrogens is 1. The first-order valence-electron chi connectivity index (χ1n) is 9.24. The highest BCUT2D eigenvalue weighted by Gasteiger charge is 2.36. The molecule has 0 spiro atoms. The summed E-state index contributed by atoms with van der Waals surface area (Å²) in [6, 6.07) is 23.1. The number of pyridine rings is 1. The number of nitrogens with zero attached hydrogens (tertiary/aromatic N) is 1. The molecule has 4 nitrogen and oxygen atoms in total. The number of benzene rings is 3. The molecule has 0 aliphatic rings. The van der Waals surface area contributed by atoms with Crippen LogP contribution in [0.2, 0.25) is 5.02 Å². The predicted octanol–water partition coefficient (Wildman–Crippen LogP) is 5.37. The maximum absolute atomic E-state index is 13.1. The van der Waals surface area contributed by atoms with Gasteiger partial charge in [0.15, 0.2) is 16.7 Å². The first-order chi connectivity index (χ1) is 15.0. The average Bonchev–Trinajstić information content (AvgIpc) is 2.74. The maximum atomic E-state index is 13.1. The minimum absolute atomic E-state index is 0.200. The number of halogens is 5. The highest BCUT2D eigenvalue weighted by Crippen LogP contribution is 2.29. The van der Waals surface area contributed by atoms with Crippen LogP contribution >= 0.6 is 11.6 Å². The molecule has 0 saturated carbocycles. The lowest BCUT2D eigenvalue weighted by Gasteiger charge is -2.08. The van der Waals surface area contributed by atoms with Crippen LogP contribution in [0.1, 0.15) is 5.56 Å². The van der Waals surface area contributed by atoms with Crippen LogP contribution < -0.4 is 4.57 Å². The van der Waals surface area contributed by atoms with Gasteiger partial charge in [-0.25, -0.2) is 12.8 Å². The van der Waals surface area contributed by atoms with Gasteiger partial charge in [0, 0.05) is 18.6 Å². The largest absolute Gasteiger partial charge is 0.741 e. The molecule has 10 heteroatoms. The molecule has 1 heterocycles. The van der Waals surface area contributed by atoms with Crippen molar-refractivity contribution < 1.29 is 35.1 Å². The molecule has 0 fully saturated rings. The van der Waals surface area contributed by atoms with Crippen molar-refractivity contribution >= 4 is 43.5 Å². The number of para-hydroxylation sites is 2. The number of rotatable bonds is 3. The molecule has 168 valence electrons. The van der Waals surface area contributed by atoms with Gasteiger partial charge in [-0.05, 0) is 29.8 Å². The number of alkyl halides is 3. The number of fused-ring (bicyclic) bond motifs is 2. The van der Waals surface area contributed by atoms with E-state index in [2.05, 4.69) is 28.8 Å². The van der Waals surface area contributed by atoms with Crippen molar-refractivity contribution in [2.75, 3.05) is 0 Å². The van der Waals surface area contributed by atoms with E-state index < -0.39 is 15.6 Å². The fourth-order valence-corrected chi connectivity index (χ4v) is 3.52. The van der Waals surface area contributed by atoms with Crippen molar-refractivity contribution in [2.45, 2.75) is 18.5 Å². The van der Waals surface area contributed by atoms with Gasteiger partial charge in [-0.15, -0.1) is 0 Å². The Morgan fingerprint density at radius 1 is 0.844 bits per heavy atom. The van der Waals surface area contributed by atoms with Gasteiger partial charge in [0.1, 0.15) is 5.82 Å². The Morgan fingerprint density at radius 2 is 1.28 bits per heavy atom. The first-order valence-corrected chi connectivity index (χ1v) is 11.0. The zero-order chi connectivity index (χ0) is 23.5. The van der Waals surface area contributed by atoms with Gasteiger partial charge in [-0.3, -0.25) is 0 Å². The molecule has 0 atom stereocenters. The molecule has 0 unspecified atom stereocenters.